The Bertz CT molecular complexity index is 564. The number of anilines is 1. The topological polar surface area (TPSA) is 41.1 Å². The van der Waals surface area contributed by atoms with Gasteiger partial charge in [0.1, 0.15) is 0 Å². The van der Waals surface area contributed by atoms with Crippen molar-refractivity contribution >= 4 is 22.9 Å². The van der Waals surface area contributed by atoms with E-state index in [9.17, 15) is 4.79 Å². The number of carbonyl (C=O) groups is 1. The molecule has 1 aromatic heterocycles. The van der Waals surface area contributed by atoms with Crippen LogP contribution in [0.3, 0.4) is 0 Å². The lowest BCUT2D eigenvalue weighted by Crippen LogP contribution is -2.18. The van der Waals surface area contributed by atoms with Gasteiger partial charge in [-0.25, -0.2) is 0 Å². The van der Waals surface area contributed by atoms with Gasteiger partial charge in [-0.15, -0.1) is 11.3 Å². The molecule has 0 fully saturated rings. The Hall–Kier alpha value is -1.81. The SMILES string of the molecule is CNC(=O)c1ccc(C)c(NC(C)c2cccs2)c1. The van der Waals surface area contributed by atoms with Gasteiger partial charge >= 0.3 is 0 Å². The molecule has 0 aliphatic heterocycles. The van der Waals surface area contributed by atoms with E-state index in [1.165, 1.54) is 4.88 Å². The summed E-state index contributed by atoms with van der Waals surface area (Å²) in [6, 6.07) is 10.1. The summed E-state index contributed by atoms with van der Waals surface area (Å²) in [5, 5.41) is 8.18. The van der Waals surface area contributed by atoms with Gasteiger partial charge in [0, 0.05) is 23.2 Å². The lowest BCUT2D eigenvalue weighted by Gasteiger charge is -2.16. The van der Waals surface area contributed by atoms with Crippen LogP contribution in [0.25, 0.3) is 0 Å². The molecule has 2 aromatic rings. The minimum Gasteiger partial charge on any atom is -0.377 e. The predicted molar refractivity (Wildman–Crippen MR) is 80.9 cm³/mol. The van der Waals surface area contributed by atoms with Crippen LogP contribution in [-0.4, -0.2) is 13.0 Å². The number of carbonyl (C=O) groups excluding carboxylic acids is 1. The van der Waals surface area contributed by atoms with E-state index < -0.39 is 0 Å². The number of hydrogen-bond donors (Lipinski definition) is 2. The monoisotopic (exact) mass is 274 g/mol. The van der Waals surface area contributed by atoms with Crippen LogP contribution < -0.4 is 10.6 Å². The molecule has 2 rings (SSSR count). The summed E-state index contributed by atoms with van der Waals surface area (Å²) in [5.74, 6) is -0.0631. The Balaban J connectivity index is 2.22. The minimum atomic E-state index is -0.0631. The zero-order valence-corrected chi connectivity index (χ0v) is 12.2. The number of nitrogens with one attached hydrogen (secondary N) is 2. The number of rotatable bonds is 4. The van der Waals surface area contributed by atoms with Crippen molar-refractivity contribution in [1.82, 2.24) is 5.32 Å². The van der Waals surface area contributed by atoms with E-state index in [1.807, 2.05) is 31.2 Å². The minimum absolute atomic E-state index is 0.0631. The molecule has 19 heavy (non-hydrogen) atoms. The average Bonchev–Trinajstić information content (AvgIpc) is 2.94. The summed E-state index contributed by atoms with van der Waals surface area (Å²) in [6.07, 6.45) is 0. The van der Waals surface area contributed by atoms with Crippen LogP contribution in [0, 0.1) is 6.92 Å². The van der Waals surface area contributed by atoms with Gasteiger partial charge in [-0.2, -0.15) is 0 Å². The van der Waals surface area contributed by atoms with Gasteiger partial charge < -0.3 is 10.6 Å². The molecule has 1 aromatic carbocycles. The van der Waals surface area contributed by atoms with Crippen LogP contribution in [0.2, 0.25) is 0 Å². The van der Waals surface area contributed by atoms with Gasteiger partial charge in [-0.05, 0) is 43.0 Å². The van der Waals surface area contributed by atoms with Gasteiger partial charge in [0.05, 0.1) is 6.04 Å². The molecule has 0 aliphatic rings. The lowest BCUT2D eigenvalue weighted by molar-refractivity contribution is 0.0963. The highest BCUT2D eigenvalue weighted by molar-refractivity contribution is 7.10. The molecule has 1 heterocycles. The molecule has 0 saturated heterocycles. The van der Waals surface area contributed by atoms with Crippen molar-refractivity contribution in [2.75, 3.05) is 12.4 Å². The fourth-order valence-corrected chi connectivity index (χ4v) is 2.64. The summed E-state index contributed by atoms with van der Waals surface area (Å²) < 4.78 is 0. The number of thiophene rings is 1. The highest BCUT2D eigenvalue weighted by Gasteiger charge is 2.10. The van der Waals surface area contributed by atoms with E-state index in [1.54, 1.807) is 18.4 Å². The zero-order valence-electron chi connectivity index (χ0n) is 11.4. The second-order valence-electron chi connectivity index (χ2n) is 4.49. The third kappa shape index (κ3) is 3.15. The fourth-order valence-electron chi connectivity index (χ4n) is 1.91. The molecule has 1 atom stereocenters. The predicted octanol–water partition coefficient (Wildman–Crippen LogP) is 3.59. The highest BCUT2D eigenvalue weighted by atomic mass is 32.1. The second kappa shape index (κ2) is 5.89. The maximum absolute atomic E-state index is 11.7. The van der Waals surface area contributed by atoms with Crippen molar-refractivity contribution < 1.29 is 4.79 Å². The van der Waals surface area contributed by atoms with Crippen molar-refractivity contribution in [3.05, 3.63) is 51.7 Å². The van der Waals surface area contributed by atoms with Crippen molar-refractivity contribution in [2.45, 2.75) is 19.9 Å². The van der Waals surface area contributed by atoms with Gasteiger partial charge in [-0.3, -0.25) is 4.79 Å². The molecular weight excluding hydrogens is 256 g/mol. The molecule has 0 spiro atoms. The first kappa shape index (κ1) is 13.6. The Morgan fingerprint density at radius 1 is 1.32 bits per heavy atom. The molecule has 2 N–H and O–H groups in total. The fraction of sp³-hybridized carbons (Fsp3) is 0.267. The Morgan fingerprint density at radius 2 is 2.11 bits per heavy atom. The van der Waals surface area contributed by atoms with E-state index in [-0.39, 0.29) is 11.9 Å². The molecule has 1 amide bonds. The summed E-state index contributed by atoms with van der Waals surface area (Å²) in [5.41, 5.74) is 2.81. The molecular formula is C15H18N2OS. The molecule has 100 valence electrons. The third-order valence-corrected chi connectivity index (χ3v) is 4.12. The van der Waals surface area contributed by atoms with Crippen LogP contribution in [-0.2, 0) is 0 Å². The number of benzene rings is 1. The maximum Gasteiger partial charge on any atom is 0.251 e. The lowest BCUT2D eigenvalue weighted by atomic mass is 10.1. The standard InChI is InChI=1S/C15H18N2OS/c1-10-6-7-12(15(18)16-3)9-13(10)17-11(2)14-5-4-8-19-14/h4-9,11,17H,1-3H3,(H,16,18). The van der Waals surface area contributed by atoms with E-state index in [0.717, 1.165) is 11.3 Å². The van der Waals surface area contributed by atoms with Crippen molar-refractivity contribution in [1.29, 1.82) is 0 Å². The van der Waals surface area contributed by atoms with Crippen molar-refractivity contribution in [2.24, 2.45) is 0 Å². The zero-order chi connectivity index (χ0) is 13.8. The first-order valence-corrected chi connectivity index (χ1v) is 7.12. The van der Waals surface area contributed by atoms with E-state index in [4.69, 9.17) is 0 Å². The van der Waals surface area contributed by atoms with Crippen LogP contribution in [0.1, 0.15) is 33.8 Å². The molecule has 0 saturated carbocycles. The molecule has 4 heteroatoms. The van der Waals surface area contributed by atoms with Crippen LogP contribution in [0.4, 0.5) is 5.69 Å². The molecule has 0 bridgehead atoms. The quantitative estimate of drug-likeness (QED) is 0.894. The Kier molecular flexibility index (Phi) is 4.22. The first-order chi connectivity index (χ1) is 9.11. The summed E-state index contributed by atoms with van der Waals surface area (Å²) in [6.45, 7) is 4.16. The third-order valence-electron chi connectivity index (χ3n) is 3.07. The normalized spacial score (nSPS) is 11.9. The second-order valence-corrected chi connectivity index (χ2v) is 5.47. The summed E-state index contributed by atoms with van der Waals surface area (Å²) >= 11 is 1.73. The molecule has 1 unspecified atom stereocenters. The first-order valence-electron chi connectivity index (χ1n) is 6.24. The van der Waals surface area contributed by atoms with Crippen molar-refractivity contribution in [3.63, 3.8) is 0 Å². The van der Waals surface area contributed by atoms with Crippen LogP contribution in [0.5, 0.6) is 0 Å². The van der Waals surface area contributed by atoms with E-state index in [0.29, 0.717) is 5.56 Å². The maximum atomic E-state index is 11.7. The van der Waals surface area contributed by atoms with E-state index in [2.05, 4.69) is 29.0 Å². The number of aryl methyl sites for hydroxylation is 1. The highest BCUT2D eigenvalue weighted by Crippen LogP contribution is 2.25. The van der Waals surface area contributed by atoms with E-state index >= 15 is 0 Å². The molecule has 0 radical (unpaired) electrons. The smallest absolute Gasteiger partial charge is 0.251 e. The Labute approximate surface area is 117 Å². The van der Waals surface area contributed by atoms with Crippen LogP contribution in [0.15, 0.2) is 35.7 Å². The number of hydrogen-bond acceptors (Lipinski definition) is 3. The van der Waals surface area contributed by atoms with Gasteiger partial charge in [-0.1, -0.05) is 12.1 Å². The Morgan fingerprint density at radius 3 is 2.74 bits per heavy atom. The average molecular weight is 274 g/mol. The number of amides is 1. The largest absolute Gasteiger partial charge is 0.377 e. The summed E-state index contributed by atoms with van der Waals surface area (Å²) in [7, 11) is 1.64. The van der Waals surface area contributed by atoms with Gasteiger partial charge in [0.2, 0.25) is 0 Å². The van der Waals surface area contributed by atoms with Gasteiger partial charge in [0.15, 0.2) is 0 Å². The summed E-state index contributed by atoms with van der Waals surface area (Å²) in [4.78, 5) is 12.9. The van der Waals surface area contributed by atoms with Crippen LogP contribution >= 0.6 is 11.3 Å². The molecule has 0 aliphatic carbocycles. The van der Waals surface area contributed by atoms with Gasteiger partial charge in [0.25, 0.3) is 5.91 Å². The van der Waals surface area contributed by atoms with Crippen molar-refractivity contribution in [3.8, 4) is 0 Å². The molecule has 3 nitrogen and oxygen atoms in total.